The molecular weight excluding hydrogens is 598 g/mol. The van der Waals surface area contributed by atoms with Gasteiger partial charge in [-0.25, -0.2) is 0 Å². The first-order valence-corrected chi connectivity index (χ1v) is 15.4. The van der Waals surface area contributed by atoms with E-state index in [1.54, 1.807) is 10.9 Å². The van der Waals surface area contributed by atoms with Crippen molar-refractivity contribution in [1.29, 1.82) is 0 Å². The lowest BCUT2D eigenvalue weighted by atomic mass is 9.96. The first-order valence-electron chi connectivity index (χ1n) is 15.4. The van der Waals surface area contributed by atoms with Gasteiger partial charge in [-0.2, -0.15) is 0 Å². The summed E-state index contributed by atoms with van der Waals surface area (Å²) in [7, 11) is 0. The number of aromatic nitrogens is 3. The van der Waals surface area contributed by atoms with Crippen LogP contribution >= 0.6 is 0 Å². The van der Waals surface area contributed by atoms with Crippen LogP contribution in [0, 0.1) is 0 Å². The van der Waals surface area contributed by atoms with Gasteiger partial charge in [-0.05, 0) is 18.4 Å². The molecule has 1 amide bonds. The van der Waals surface area contributed by atoms with E-state index in [1.165, 1.54) is 6.92 Å². The van der Waals surface area contributed by atoms with Crippen LogP contribution in [0.5, 0.6) is 0 Å². The fraction of sp³-hybridized carbons (Fsp3) is 0.889. The Morgan fingerprint density at radius 1 is 0.933 bits per heavy atom. The van der Waals surface area contributed by atoms with Crippen LogP contribution in [0.3, 0.4) is 0 Å². The molecule has 7 N–H and O–H groups in total. The lowest BCUT2D eigenvalue weighted by Gasteiger charge is -2.48. The monoisotopic (exact) mass is 645 g/mol. The molecule has 3 heterocycles. The van der Waals surface area contributed by atoms with Crippen LogP contribution in [0.1, 0.15) is 64.0 Å². The maximum absolute atomic E-state index is 12.6. The number of rotatable bonds is 18. The number of ether oxygens (including phenoxy) is 3. The lowest BCUT2D eigenvalue weighted by Crippen LogP contribution is -2.66. The molecule has 18 nitrogen and oxygen atoms in total. The molecule has 10 atom stereocenters. The van der Waals surface area contributed by atoms with Crippen molar-refractivity contribution in [2.24, 2.45) is 5.11 Å². The minimum atomic E-state index is -1.78. The highest BCUT2D eigenvalue weighted by atomic mass is 16.7. The molecule has 0 saturated carbocycles. The Bertz CT molecular complexity index is 1070. The molecule has 0 radical (unpaired) electrons. The van der Waals surface area contributed by atoms with E-state index < -0.39 is 80.5 Å². The van der Waals surface area contributed by atoms with Gasteiger partial charge in [-0.15, -0.1) is 5.10 Å². The number of aryl methyl sites for hydroxylation is 1. The van der Waals surface area contributed by atoms with E-state index >= 15 is 0 Å². The first kappa shape index (κ1) is 37.0. The smallest absolute Gasteiger partial charge is 0.221 e. The van der Waals surface area contributed by atoms with Crippen LogP contribution in [0.15, 0.2) is 11.3 Å². The molecule has 18 heteroatoms. The van der Waals surface area contributed by atoms with Gasteiger partial charge in [-0.3, -0.25) is 9.48 Å². The minimum absolute atomic E-state index is 0.111. The Morgan fingerprint density at radius 2 is 1.58 bits per heavy atom. The van der Waals surface area contributed by atoms with Crippen LogP contribution in [0.25, 0.3) is 10.4 Å². The van der Waals surface area contributed by atoms with E-state index in [2.05, 4.69) is 20.3 Å². The molecule has 3 rings (SSSR count). The molecule has 1 aromatic heterocycles. The predicted molar refractivity (Wildman–Crippen MR) is 154 cm³/mol. The number of hydrogen-bond donors (Lipinski definition) is 7. The van der Waals surface area contributed by atoms with Crippen molar-refractivity contribution >= 4 is 5.91 Å². The van der Waals surface area contributed by atoms with Crippen LogP contribution in [0.2, 0.25) is 0 Å². The van der Waals surface area contributed by atoms with Gasteiger partial charge in [-0.1, -0.05) is 48.9 Å². The Morgan fingerprint density at radius 3 is 2.20 bits per heavy atom. The number of carbonyl (C=O) groups is 1. The van der Waals surface area contributed by atoms with Gasteiger partial charge in [0, 0.05) is 24.9 Å². The SMILES string of the molecule is CC(=O)N(Cc1cn(CCCCCCCCCCN=[N+]=[N-])nn1)[C@@H]1O[C@H](CO)[C@@H](O[C@@H]2O[C@H](CO)[C@H](O)[C@H](O)[C@H]2O)[C@H](O)[C@H]1O. The van der Waals surface area contributed by atoms with Crippen molar-refractivity contribution in [2.45, 2.75) is 133 Å². The molecule has 0 aromatic carbocycles. The number of unbranched alkanes of at least 4 members (excludes halogenated alkanes) is 7. The molecule has 1 aromatic rings. The molecule has 45 heavy (non-hydrogen) atoms. The van der Waals surface area contributed by atoms with Crippen molar-refractivity contribution in [3.05, 3.63) is 22.3 Å². The number of aliphatic hydroxyl groups is 7. The number of azide groups is 1. The summed E-state index contributed by atoms with van der Waals surface area (Å²) in [5.41, 5.74) is 8.69. The summed E-state index contributed by atoms with van der Waals surface area (Å²) in [4.78, 5) is 16.5. The Kier molecular flexibility index (Phi) is 15.3. The molecule has 0 spiro atoms. The zero-order valence-corrected chi connectivity index (χ0v) is 25.4. The quantitative estimate of drug-likeness (QED) is 0.0423. The topological polar surface area (TPSA) is 269 Å². The highest BCUT2D eigenvalue weighted by Gasteiger charge is 2.51. The summed E-state index contributed by atoms with van der Waals surface area (Å²) >= 11 is 0. The fourth-order valence-corrected chi connectivity index (χ4v) is 5.46. The number of hydrogen-bond acceptors (Lipinski definition) is 14. The van der Waals surface area contributed by atoms with Crippen LogP contribution in [-0.2, 0) is 32.1 Å². The number of aliphatic hydroxyl groups excluding tert-OH is 7. The van der Waals surface area contributed by atoms with Gasteiger partial charge in [0.25, 0.3) is 0 Å². The maximum Gasteiger partial charge on any atom is 0.221 e. The molecule has 2 aliphatic rings. The fourth-order valence-electron chi connectivity index (χ4n) is 5.46. The van der Waals surface area contributed by atoms with Gasteiger partial charge in [0.15, 0.2) is 12.5 Å². The molecule has 0 unspecified atom stereocenters. The maximum atomic E-state index is 12.6. The number of carbonyl (C=O) groups excluding carboxylic acids is 1. The van der Waals surface area contributed by atoms with Crippen LogP contribution in [0.4, 0.5) is 0 Å². The highest BCUT2D eigenvalue weighted by molar-refractivity contribution is 5.73. The van der Waals surface area contributed by atoms with Gasteiger partial charge >= 0.3 is 0 Å². The number of nitrogens with zero attached hydrogens (tertiary/aromatic N) is 7. The van der Waals surface area contributed by atoms with Crippen LogP contribution < -0.4 is 0 Å². The van der Waals surface area contributed by atoms with Crippen molar-refractivity contribution in [3.8, 4) is 0 Å². The van der Waals surface area contributed by atoms with E-state index in [4.69, 9.17) is 19.7 Å². The van der Waals surface area contributed by atoms with E-state index in [9.17, 15) is 40.5 Å². The Balaban J connectivity index is 1.52. The predicted octanol–water partition coefficient (Wildman–Crippen LogP) is -1.32. The van der Waals surface area contributed by atoms with E-state index in [0.29, 0.717) is 18.8 Å². The summed E-state index contributed by atoms with van der Waals surface area (Å²) in [5, 5.41) is 83.5. The van der Waals surface area contributed by atoms with E-state index in [1.807, 2.05) is 0 Å². The third-order valence-electron chi connectivity index (χ3n) is 8.07. The first-order chi connectivity index (χ1) is 21.6. The summed E-state index contributed by atoms with van der Waals surface area (Å²) in [6.07, 6.45) is -5.77. The number of amides is 1. The van der Waals surface area contributed by atoms with E-state index in [-0.39, 0.29) is 6.54 Å². The third-order valence-corrected chi connectivity index (χ3v) is 8.07. The van der Waals surface area contributed by atoms with Crippen LogP contribution in [-0.4, -0.2) is 143 Å². The van der Waals surface area contributed by atoms with E-state index in [0.717, 1.165) is 56.3 Å². The zero-order valence-electron chi connectivity index (χ0n) is 25.4. The molecule has 2 fully saturated rings. The molecular formula is C27H47N7O11. The second-order valence-electron chi connectivity index (χ2n) is 11.4. The van der Waals surface area contributed by atoms with Gasteiger partial charge in [0.2, 0.25) is 5.91 Å². The summed E-state index contributed by atoms with van der Waals surface area (Å²) in [6, 6.07) is 0. The minimum Gasteiger partial charge on any atom is -0.394 e. The second kappa shape index (κ2) is 18.6. The highest BCUT2D eigenvalue weighted by Crippen LogP contribution is 2.30. The second-order valence-corrected chi connectivity index (χ2v) is 11.4. The van der Waals surface area contributed by atoms with Crippen molar-refractivity contribution < 1.29 is 54.8 Å². The lowest BCUT2D eigenvalue weighted by molar-refractivity contribution is -0.348. The molecule has 0 aliphatic carbocycles. The summed E-state index contributed by atoms with van der Waals surface area (Å²) in [5.74, 6) is -0.511. The van der Waals surface area contributed by atoms with Gasteiger partial charge < -0.3 is 54.9 Å². The van der Waals surface area contributed by atoms with Crippen molar-refractivity contribution in [2.75, 3.05) is 19.8 Å². The Labute approximate surface area is 260 Å². The van der Waals surface area contributed by atoms with Crippen molar-refractivity contribution in [1.82, 2.24) is 19.9 Å². The van der Waals surface area contributed by atoms with Gasteiger partial charge in [0.05, 0.1) is 26.0 Å². The third kappa shape index (κ3) is 10.3. The zero-order chi connectivity index (χ0) is 32.9. The largest absolute Gasteiger partial charge is 0.394 e. The average Bonchev–Trinajstić information content (AvgIpc) is 3.48. The molecule has 256 valence electrons. The normalized spacial score (nSPS) is 31.8. The molecule has 0 bridgehead atoms. The molecule has 2 saturated heterocycles. The standard InChI is InChI=1S/C27H47N7O11/c1-16(37)34(13-17-12-33(32-30-17)11-9-7-5-3-2-4-6-8-10-29-31-28)26-23(41)22(40)25(19(15-36)43-26)45-27-24(42)21(39)20(38)18(14-35)44-27/h12,18-27,35-36,38-42H,2-11,13-15H2,1H3/t18-,19-,20+,21+,22-,23-,24-,25-,26-,27+/m1/s1. The van der Waals surface area contributed by atoms with Gasteiger partial charge in [0.1, 0.15) is 54.5 Å². The summed E-state index contributed by atoms with van der Waals surface area (Å²) < 4.78 is 18.4. The summed E-state index contributed by atoms with van der Waals surface area (Å²) in [6.45, 7) is 0.886. The average molecular weight is 646 g/mol. The van der Waals surface area contributed by atoms with Crippen molar-refractivity contribution in [3.63, 3.8) is 0 Å². The Hall–Kier alpha value is -2.48. The molecule has 2 aliphatic heterocycles.